The summed E-state index contributed by atoms with van der Waals surface area (Å²) < 4.78 is 5.85. The molecule has 1 aliphatic rings. The third-order valence-corrected chi connectivity index (χ3v) is 7.18. The second-order valence-electron chi connectivity index (χ2n) is 4.78. The molecule has 0 aromatic carbocycles. The van der Waals surface area contributed by atoms with Crippen LogP contribution in [0.15, 0.2) is 0 Å². The van der Waals surface area contributed by atoms with Crippen molar-refractivity contribution >= 4 is 8.56 Å². The van der Waals surface area contributed by atoms with E-state index in [0.29, 0.717) is 5.54 Å². The molecule has 0 spiro atoms. The van der Waals surface area contributed by atoms with Gasteiger partial charge in [-0.1, -0.05) is 39.5 Å². The van der Waals surface area contributed by atoms with Crippen molar-refractivity contribution in [3.63, 3.8) is 0 Å². The third-order valence-electron chi connectivity index (χ3n) is 3.41. The van der Waals surface area contributed by atoms with E-state index in [4.69, 9.17) is 4.43 Å². The maximum Gasteiger partial charge on any atom is 0.338 e. The summed E-state index contributed by atoms with van der Waals surface area (Å²) >= 11 is 0. The lowest BCUT2D eigenvalue weighted by Gasteiger charge is -2.35. The largest absolute Gasteiger partial charge is 0.410 e. The highest BCUT2D eigenvalue weighted by atomic mass is 28.4. The highest BCUT2D eigenvalue weighted by Crippen LogP contribution is 2.38. The molecule has 90 valence electrons. The van der Waals surface area contributed by atoms with Crippen molar-refractivity contribution in [3.05, 3.63) is 0 Å². The lowest BCUT2D eigenvalue weighted by Crippen LogP contribution is -2.44. The first-order valence-electron chi connectivity index (χ1n) is 6.59. The van der Waals surface area contributed by atoms with Crippen molar-refractivity contribution in [1.29, 1.82) is 0 Å². The van der Waals surface area contributed by atoms with Crippen molar-refractivity contribution in [1.82, 2.24) is 0 Å². The summed E-state index contributed by atoms with van der Waals surface area (Å²) in [5.41, 5.74) is 0.512. The van der Waals surface area contributed by atoms with E-state index in [-0.39, 0.29) is 0 Å². The molecule has 0 aromatic rings. The van der Waals surface area contributed by atoms with Gasteiger partial charge in [0.1, 0.15) is 0 Å². The minimum Gasteiger partial charge on any atom is -0.410 e. The van der Waals surface area contributed by atoms with Crippen molar-refractivity contribution in [2.45, 2.75) is 70.4 Å². The molecular formula is C12H26O2Si. The second kappa shape index (κ2) is 6.66. The zero-order chi connectivity index (χ0) is 11.1. The van der Waals surface area contributed by atoms with E-state index in [1.807, 2.05) is 0 Å². The quantitative estimate of drug-likeness (QED) is 0.707. The molecule has 0 amide bonds. The normalized spacial score (nSPS) is 22.6. The molecule has 1 atom stereocenters. The van der Waals surface area contributed by atoms with Crippen LogP contribution in [0.2, 0.25) is 11.6 Å². The summed E-state index contributed by atoms with van der Waals surface area (Å²) in [7, 11) is -2.37. The van der Waals surface area contributed by atoms with Crippen LogP contribution in [0.3, 0.4) is 0 Å². The van der Waals surface area contributed by atoms with E-state index in [2.05, 4.69) is 13.8 Å². The highest BCUT2D eigenvalue weighted by Gasteiger charge is 2.41. The van der Waals surface area contributed by atoms with Crippen LogP contribution in [0.4, 0.5) is 0 Å². The summed E-state index contributed by atoms with van der Waals surface area (Å²) in [6.45, 7) is 5.01. The van der Waals surface area contributed by atoms with Crippen LogP contribution >= 0.6 is 0 Å². The van der Waals surface area contributed by atoms with E-state index in [1.165, 1.54) is 32.1 Å². The predicted molar refractivity (Wildman–Crippen MR) is 66.1 cm³/mol. The molecule has 1 N–H and O–H groups in total. The van der Waals surface area contributed by atoms with E-state index < -0.39 is 8.56 Å². The Kier molecular flexibility index (Phi) is 5.86. The molecule has 3 heteroatoms. The molecule has 1 unspecified atom stereocenters. The van der Waals surface area contributed by atoms with Gasteiger partial charge >= 0.3 is 8.56 Å². The van der Waals surface area contributed by atoms with Crippen LogP contribution in [-0.2, 0) is 4.43 Å². The van der Waals surface area contributed by atoms with Gasteiger partial charge in [0.05, 0.1) is 0 Å². The molecule has 1 fully saturated rings. The molecular weight excluding hydrogens is 204 g/mol. The molecule has 0 heterocycles. The summed E-state index contributed by atoms with van der Waals surface area (Å²) in [6, 6.07) is 0.928. The molecule has 15 heavy (non-hydrogen) atoms. The Balaban J connectivity index is 2.52. The minimum absolute atomic E-state index is 0.512. The summed E-state index contributed by atoms with van der Waals surface area (Å²) in [5, 5.41) is 0. The fraction of sp³-hybridized carbons (Fsp3) is 1.00. The molecule has 2 nitrogen and oxygen atoms in total. The Labute approximate surface area is 95.3 Å². The molecule has 1 rings (SSSR count). The van der Waals surface area contributed by atoms with Crippen molar-refractivity contribution in [2.24, 2.45) is 0 Å². The van der Waals surface area contributed by atoms with E-state index in [0.717, 1.165) is 25.5 Å². The van der Waals surface area contributed by atoms with Crippen LogP contribution in [0.1, 0.15) is 58.8 Å². The lowest BCUT2D eigenvalue weighted by molar-refractivity contribution is 0.206. The zero-order valence-corrected chi connectivity index (χ0v) is 11.3. The fourth-order valence-corrected chi connectivity index (χ4v) is 5.96. The Bertz CT molecular complexity index is 169. The minimum atomic E-state index is -2.37. The van der Waals surface area contributed by atoms with Gasteiger partial charge in [0, 0.05) is 12.1 Å². The summed E-state index contributed by atoms with van der Waals surface area (Å²) in [4.78, 5) is 10.7. The summed E-state index contributed by atoms with van der Waals surface area (Å²) in [6.07, 6.45) is 8.41. The lowest BCUT2D eigenvalue weighted by atomic mass is 10.0. The van der Waals surface area contributed by atoms with Gasteiger partial charge in [0.2, 0.25) is 0 Å². The van der Waals surface area contributed by atoms with Crippen LogP contribution in [0, 0.1) is 0 Å². The molecule has 1 aliphatic carbocycles. The Morgan fingerprint density at radius 1 is 1.13 bits per heavy atom. The molecule has 0 bridgehead atoms. The van der Waals surface area contributed by atoms with Crippen LogP contribution < -0.4 is 0 Å². The van der Waals surface area contributed by atoms with E-state index in [9.17, 15) is 4.80 Å². The summed E-state index contributed by atoms with van der Waals surface area (Å²) in [5.74, 6) is 0. The third kappa shape index (κ3) is 3.89. The van der Waals surface area contributed by atoms with Gasteiger partial charge in [0.25, 0.3) is 0 Å². The maximum absolute atomic E-state index is 10.7. The van der Waals surface area contributed by atoms with E-state index in [1.54, 1.807) is 0 Å². The molecule has 0 aromatic heterocycles. The monoisotopic (exact) mass is 230 g/mol. The molecule has 0 radical (unpaired) electrons. The first kappa shape index (κ1) is 13.2. The average Bonchev–Trinajstić information content (AvgIpc) is 2.28. The van der Waals surface area contributed by atoms with Gasteiger partial charge in [0.15, 0.2) is 0 Å². The number of hydrogen-bond donors (Lipinski definition) is 1. The van der Waals surface area contributed by atoms with Crippen LogP contribution in [0.5, 0.6) is 0 Å². The number of hydrogen-bond acceptors (Lipinski definition) is 2. The first-order chi connectivity index (χ1) is 7.23. The molecule has 0 saturated heterocycles. The topological polar surface area (TPSA) is 29.5 Å². The maximum atomic E-state index is 10.7. The van der Waals surface area contributed by atoms with Gasteiger partial charge in [-0.3, -0.25) is 0 Å². The van der Waals surface area contributed by atoms with Crippen molar-refractivity contribution in [2.75, 3.05) is 6.61 Å². The number of rotatable bonds is 6. The van der Waals surface area contributed by atoms with Crippen LogP contribution in [-0.4, -0.2) is 20.0 Å². The smallest absolute Gasteiger partial charge is 0.338 e. The molecule has 1 saturated carbocycles. The van der Waals surface area contributed by atoms with Gasteiger partial charge < -0.3 is 9.22 Å². The SMILES string of the molecule is CCCO[Si](O)(CCC)C1CCCCC1. The highest BCUT2D eigenvalue weighted by molar-refractivity contribution is 6.67. The van der Waals surface area contributed by atoms with Gasteiger partial charge in [-0.15, -0.1) is 0 Å². The Hall–Kier alpha value is 0.137. The van der Waals surface area contributed by atoms with Crippen LogP contribution in [0.25, 0.3) is 0 Å². The second-order valence-corrected chi connectivity index (χ2v) is 8.07. The molecule has 0 aliphatic heterocycles. The average molecular weight is 230 g/mol. The zero-order valence-electron chi connectivity index (χ0n) is 10.3. The fourth-order valence-electron chi connectivity index (χ4n) is 2.58. The Morgan fingerprint density at radius 2 is 1.80 bits per heavy atom. The van der Waals surface area contributed by atoms with Gasteiger partial charge in [-0.25, -0.2) is 0 Å². The van der Waals surface area contributed by atoms with Gasteiger partial charge in [-0.2, -0.15) is 0 Å². The van der Waals surface area contributed by atoms with E-state index >= 15 is 0 Å². The predicted octanol–water partition coefficient (Wildman–Crippen LogP) is 3.59. The standard InChI is InChI=1S/C12H26O2Si/c1-3-10-14-15(13,11-4-2)12-8-6-5-7-9-12/h12-13H,3-11H2,1-2H3. The van der Waals surface area contributed by atoms with Gasteiger partial charge in [-0.05, 0) is 25.3 Å². The first-order valence-corrected chi connectivity index (χ1v) is 8.73. The van der Waals surface area contributed by atoms with Crippen molar-refractivity contribution < 1.29 is 9.22 Å². The Morgan fingerprint density at radius 3 is 2.33 bits per heavy atom. The van der Waals surface area contributed by atoms with Crippen molar-refractivity contribution in [3.8, 4) is 0 Å².